The number of amides is 2. The van der Waals surface area contributed by atoms with Gasteiger partial charge >= 0.3 is 0 Å². The minimum absolute atomic E-state index is 0.00243. The van der Waals surface area contributed by atoms with Gasteiger partial charge in [0.15, 0.2) is 6.61 Å². The Hall–Kier alpha value is -3.53. The number of methoxy groups -OCH3 is 1. The molecule has 2 aromatic carbocycles. The quantitative estimate of drug-likeness (QED) is 0.760. The molecule has 30 heavy (non-hydrogen) atoms. The number of likely N-dealkylation sites (tertiary alicyclic amines) is 1. The molecular weight excluding hydrogens is 382 g/mol. The largest absolute Gasteiger partial charge is 0.496 e. The molecule has 3 rings (SSSR count). The van der Waals surface area contributed by atoms with Crippen molar-refractivity contribution in [1.29, 1.82) is 5.26 Å². The van der Waals surface area contributed by atoms with E-state index in [0.29, 0.717) is 49.4 Å². The minimum Gasteiger partial charge on any atom is -0.496 e. The van der Waals surface area contributed by atoms with Crippen LogP contribution in [-0.4, -0.2) is 49.6 Å². The van der Waals surface area contributed by atoms with E-state index in [-0.39, 0.29) is 24.5 Å². The Morgan fingerprint density at radius 3 is 2.47 bits per heavy atom. The lowest BCUT2D eigenvalue weighted by molar-refractivity contribution is -0.131. The van der Waals surface area contributed by atoms with Gasteiger partial charge in [-0.3, -0.25) is 9.59 Å². The van der Waals surface area contributed by atoms with Crippen LogP contribution < -0.4 is 14.8 Å². The second kappa shape index (κ2) is 10.3. The first-order valence-corrected chi connectivity index (χ1v) is 9.91. The number of piperidine rings is 1. The average Bonchev–Trinajstić information content (AvgIpc) is 2.78. The number of nitrogens with zero attached hydrogens (tertiary/aromatic N) is 2. The fourth-order valence-electron chi connectivity index (χ4n) is 3.49. The molecule has 0 aromatic heterocycles. The van der Waals surface area contributed by atoms with Gasteiger partial charge in [-0.1, -0.05) is 30.3 Å². The van der Waals surface area contributed by atoms with E-state index in [9.17, 15) is 9.59 Å². The van der Waals surface area contributed by atoms with Crippen LogP contribution in [0.25, 0.3) is 0 Å². The molecule has 1 aliphatic rings. The van der Waals surface area contributed by atoms with Crippen molar-refractivity contribution in [3.63, 3.8) is 0 Å². The van der Waals surface area contributed by atoms with Gasteiger partial charge < -0.3 is 19.7 Å². The average molecular weight is 407 g/mol. The maximum absolute atomic E-state index is 12.6. The first kappa shape index (κ1) is 21.2. The first-order valence-electron chi connectivity index (χ1n) is 9.91. The number of hydrogen-bond acceptors (Lipinski definition) is 5. The van der Waals surface area contributed by atoms with Gasteiger partial charge in [-0.25, -0.2) is 0 Å². The highest BCUT2D eigenvalue weighted by atomic mass is 16.5. The summed E-state index contributed by atoms with van der Waals surface area (Å²) >= 11 is 0. The van der Waals surface area contributed by atoms with Crippen LogP contribution in [0, 0.1) is 11.3 Å². The van der Waals surface area contributed by atoms with Crippen molar-refractivity contribution in [3.8, 4) is 17.6 Å². The summed E-state index contributed by atoms with van der Waals surface area (Å²) in [5.41, 5.74) is 1.27. The number of carbonyl (C=O) groups is 2. The molecule has 0 aliphatic carbocycles. The van der Waals surface area contributed by atoms with Crippen LogP contribution in [0.15, 0.2) is 48.5 Å². The lowest BCUT2D eigenvalue weighted by Gasteiger charge is -2.32. The zero-order valence-electron chi connectivity index (χ0n) is 17.0. The van der Waals surface area contributed by atoms with Gasteiger partial charge in [-0.2, -0.15) is 5.26 Å². The van der Waals surface area contributed by atoms with Gasteiger partial charge in [0.05, 0.1) is 19.1 Å². The summed E-state index contributed by atoms with van der Waals surface area (Å²) in [5.74, 6) is 0.931. The molecule has 7 nitrogen and oxygen atoms in total. The zero-order chi connectivity index (χ0) is 21.3. The van der Waals surface area contributed by atoms with Crippen molar-refractivity contribution >= 4 is 11.8 Å². The summed E-state index contributed by atoms with van der Waals surface area (Å²) in [5, 5.41) is 12.0. The number of nitrogens with one attached hydrogen (secondary N) is 1. The highest BCUT2D eigenvalue weighted by Gasteiger charge is 2.24. The molecular formula is C23H25N3O4. The van der Waals surface area contributed by atoms with E-state index in [4.69, 9.17) is 14.7 Å². The van der Waals surface area contributed by atoms with E-state index in [2.05, 4.69) is 5.32 Å². The molecule has 1 saturated heterocycles. The van der Waals surface area contributed by atoms with E-state index in [1.165, 1.54) is 0 Å². The Morgan fingerprint density at radius 2 is 1.77 bits per heavy atom. The van der Waals surface area contributed by atoms with Crippen LogP contribution in [0.3, 0.4) is 0 Å². The maximum atomic E-state index is 12.6. The predicted octanol–water partition coefficient (Wildman–Crippen LogP) is 2.30. The monoisotopic (exact) mass is 407 g/mol. The summed E-state index contributed by atoms with van der Waals surface area (Å²) in [6.45, 7) is 1.04. The van der Waals surface area contributed by atoms with Crippen LogP contribution in [0.2, 0.25) is 0 Å². The number of benzene rings is 2. The topological polar surface area (TPSA) is 91.7 Å². The fourth-order valence-corrected chi connectivity index (χ4v) is 3.49. The molecule has 0 saturated carbocycles. The molecule has 1 fully saturated rings. The Bertz CT molecular complexity index is 930. The third-order valence-corrected chi connectivity index (χ3v) is 5.11. The molecule has 2 amide bonds. The van der Waals surface area contributed by atoms with E-state index in [1.807, 2.05) is 35.2 Å². The van der Waals surface area contributed by atoms with Crippen molar-refractivity contribution in [2.75, 3.05) is 26.8 Å². The van der Waals surface area contributed by atoms with Crippen molar-refractivity contribution < 1.29 is 19.1 Å². The highest BCUT2D eigenvalue weighted by Crippen LogP contribution is 2.20. The summed E-state index contributed by atoms with van der Waals surface area (Å²) < 4.78 is 10.8. The van der Waals surface area contributed by atoms with Crippen LogP contribution in [0.4, 0.5) is 0 Å². The Morgan fingerprint density at radius 1 is 1.10 bits per heavy atom. The molecule has 1 N–H and O–H groups in total. The van der Waals surface area contributed by atoms with Gasteiger partial charge in [0, 0.05) is 24.7 Å². The van der Waals surface area contributed by atoms with Crippen molar-refractivity contribution in [3.05, 3.63) is 59.7 Å². The third-order valence-electron chi connectivity index (χ3n) is 5.11. The Kier molecular flexibility index (Phi) is 7.28. The van der Waals surface area contributed by atoms with Crippen LogP contribution >= 0.6 is 0 Å². The van der Waals surface area contributed by atoms with Crippen LogP contribution in [0.1, 0.15) is 24.0 Å². The molecule has 0 bridgehead atoms. The molecule has 0 radical (unpaired) electrons. The molecule has 2 aromatic rings. The van der Waals surface area contributed by atoms with E-state index in [0.717, 1.165) is 5.56 Å². The number of ether oxygens (including phenoxy) is 2. The van der Waals surface area contributed by atoms with E-state index >= 15 is 0 Å². The van der Waals surface area contributed by atoms with Crippen molar-refractivity contribution in [2.45, 2.75) is 25.3 Å². The van der Waals surface area contributed by atoms with Gasteiger partial charge in [0.2, 0.25) is 5.91 Å². The molecule has 1 heterocycles. The van der Waals surface area contributed by atoms with Crippen molar-refractivity contribution in [1.82, 2.24) is 10.2 Å². The SMILES string of the molecule is COc1ccccc1CC(=O)N1CCC(NC(=O)COc2ccccc2C#N)CC1. The summed E-state index contributed by atoms with van der Waals surface area (Å²) in [6, 6.07) is 16.4. The lowest BCUT2D eigenvalue weighted by atomic mass is 10.0. The van der Waals surface area contributed by atoms with Gasteiger partial charge in [0.25, 0.3) is 5.91 Å². The van der Waals surface area contributed by atoms with Crippen molar-refractivity contribution in [2.24, 2.45) is 0 Å². The van der Waals surface area contributed by atoms with Crippen LogP contribution in [-0.2, 0) is 16.0 Å². The first-order chi connectivity index (χ1) is 14.6. The number of hydrogen-bond donors (Lipinski definition) is 1. The third kappa shape index (κ3) is 5.51. The molecule has 1 aliphatic heterocycles. The summed E-state index contributed by atoms with van der Waals surface area (Å²) in [6.07, 6.45) is 1.68. The van der Waals surface area contributed by atoms with Crippen LogP contribution in [0.5, 0.6) is 11.5 Å². The molecule has 0 unspecified atom stereocenters. The number of nitriles is 1. The van der Waals surface area contributed by atoms with Gasteiger partial charge in [0.1, 0.15) is 17.6 Å². The minimum atomic E-state index is -0.235. The number of rotatable bonds is 7. The molecule has 7 heteroatoms. The number of carbonyl (C=O) groups excluding carboxylic acids is 2. The molecule has 0 atom stereocenters. The Balaban J connectivity index is 1.43. The normalized spacial score (nSPS) is 13.9. The zero-order valence-corrected chi connectivity index (χ0v) is 17.0. The fraction of sp³-hybridized carbons (Fsp3) is 0.348. The number of para-hydroxylation sites is 2. The second-order valence-electron chi connectivity index (χ2n) is 7.11. The van der Waals surface area contributed by atoms with E-state index in [1.54, 1.807) is 31.4 Å². The summed E-state index contributed by atoms with van der Waals surface area (Å²) in [7, 11) is 1.60. The second-order valence-corrected chi connectivity index (χ2v) is 7.11. The van der Waals surface area contributed by atoms with E-state index < -0.39 is 0 Å². The maximum Gasteiger partial charge on any atom is 0.258 e. The smallest absolute Gasteiger partial charge is 0.258 e. The Labute approximate surface area is 176 Å². The van der Waals surface area contributed by atoms with Gasteiger partial charge in [-0.15, -0.1) is 0 Å². The standard InChI is InChI=1S/C23H25N3O4/c1-29-20-8-4-2-6-17(20)14-23(28)26-12-10-19(11-13-26)25-22(27)16-30-21-9-5-3-7-18(21)15-24/h2-9,19H,10-14,16H2,1H3,(H,25,27). The predicted molar refractivity (Wildman–Crippen MR) is 111 cm³/mol. The molecule has 156 valence electrons. The molecule has 0 spiro atoms. The highest BCUT2D eigenvalue weighted by molar-refractivity contribution is 5.80. The lowest BCUT2D eigenvalue weighted by Crippen LogP contribution is -2.47. The summed E-state index contributed by atoms with van der Waals surface area (Å²) in [4.78, 5) is 26.6. The van der Waals surface area contributed by atoms with Gasteiger partial charge in [-0.05, 0) is 31.0 Å².